The molecular weight excluding hydrogens is 276 g/mol. The Kier molecular flexibility index (Phi) is 4.67. The lowest BCUT2D eigenvalue weighted by atomic mass is 10.1. The Labute approximate surface area is 121 Å². The Balaban J connectivity index is 2.28. The van der Waals surface area contributed by atoms with E-state index in [0.717, 1.165) is 0 Å². The van der Waals surface area contributed by atoms with Crippen molar-refractivity contribution in [2.24, 2.45) is 21.7 Å². The first kappa shape index (κ1) is 14.7. The molecule has 21 heavy (non-hydrogen) atoms. The first-order valence-corrected chi connectivity index (χ1v) is 6.31. The molecule has 1 aromatic rings. The fourth-order valence-corrected chi connectivity index (χ4v) is 2.00. The van der Waals surface area contributed by atoms with Gasteiger partial charge in [0, 0.05) is 24.7 Å². The molecule has 0 aromatic heterocycles. The SMILES string of the molecule is NC(N)=NN=Cc1ccc(N2CCOCC2)c([N+](=O)[O-])c1. The third-order valence-electron chi connectivity index (χ3n) is 2.93. The van der Waals surface area contributed by atoms with Crippen LogP contribution in [0, 0.1) is 10.1 Å². The molecule has 2 rings (SSSR count). The molecular formula is C12H16N6O3. The quantitative estimate of drug-likeness (QED) is 0.348. The van der Waals surface area contributed by atoms with Crippen LogP contribution in [0.2, 0.25) is 0 Å². The van der Waals surface area contributed by atoms with Crippen molar-refractivity contribution in [2.45, 2.75) is 0 Å². The van der Waals surface area contributed by atoms with Gasteiger partial charge in [-0.3, -0.25) is 10.1 Å². The van der Waals surface area contributed by atoms with Crippen molar-refractivity contribution in [3.05, 3.63) is 33.9 Å². The lowest BCUT2D eigenvalue weighted by Crippen LogP contribution is -2.36. The highest BCUT2D eigenvalue weighted by Crippen LogP contribution is 2.29. The summed E-state index contributed by atoms with van der Waals surface area (Å²) < 4.78 is 5.25. The Morgan fingerprint density at radius 3 is 2.71 bits per heavy atom. The molecule has 1 aliphatic rings. The number of ether oxygens (including phenoxy) is 1. The number of benzene rings is 1. The summed E-state index contributed by atoms with van der Waals surface area (Å²) in [4.78, 5) is 12.7. The maximum Gasteiger partial charge on any atom is 0.293 e. The van der Waals surface area contributed by atoms with Crippen molar-refractivity contribution in [1.29, 1.82) is 0 Å². The predicted octanol–water partition coefficient (Wildman–Crippen LogP) is 0.0387. The van der Waals surface area contributed by atoms with E-state index in [-0.39, 0.29) is 11.6 Å². The molecule has 1 fully saturated rings. The number of anilines is 1. The van der Waals surface area contributed by atoms with Crippen LogP contribution in [0.5, 0.6) is 0 Å². The van der Waals surface area contributed by atoms with E-state index in [2.05, 4.69) is 10.2 Å². The summed E-state index contributed by atoms with van der Waals surface area (Å²) in [6, 6.07) is 4.86. The Morgan fingerprint density at radius 2 is 2.10 bits per heavy atom. The minimum Gasteiger partial charge on any atom is -0.378 e. The van der Waals surface area contributed by atoms with E-state index < -0.39 is 4.92 Å². The van der Waals surface area contributed by atoms with Crippen molar-refractivity contribution in [1.82, 2.24) is 0 Å². The molecule has 0 bridgehead atoms. The van der Waals surface area contributed by atoms with Crippen LogP contribution in [0.3, 0.4) is 0 Å². The fourth-order valence-electron chi connectivity index (χ4n) is 2.00. The number of morpholine rings is 1. The molecule has 0 aliphatic carbocycles. The third-order valence-corrected chi connectivity index (χ3v) is 2.93. The number of hydrogen-bond acceptors (Lipinski definition) is 6. The van der Waals surface area contributed by atoms with Crippen molar-refractivity contribution in [3.63, 3.8) is 0 Å². The Bertz CT molecular complexity index is 576. The highest BCUT2D eigenvalue weighted by atomic mass is 16.6. The van der Waals surface area contributed by atoms with Crippen LogP contribution in [0.15, 0.2) is 28.4 Å². The molecule has 0 atom stereocenters. The molecule has 0 amide bonds. The van der Waals surface area contributed by atoms with Gasteiger partial charge in [-0.2, -0.15) is 5.10 Å². The first-order chi connectivity index (χ1) is 10.1. The van der Waals surface area contributed by atoms with Gasteiger partial charge in [-0.05, 0) is 6.07 Å². The zero-order chi connectivity index (χ0) is 15.2. The standard InChI is InChI=1S/C12H16N6O3/c13-12(14)16-15-8-9-1-2-10(11(7-9)18(19)20)17-3-5-21-6-4-17/h1-2,7-8H,3-6H2,(H4,13,14,16). The number of guanidine groups is 1. The molecule has 1 heterocycles. The molecule has 1 aromatic carbocycles. The van der Waals surface area contributed by atoms with Gasteiger partial charge < -0.3 is 21.1 Å². The minimum atomic E-state index is -0.414. The summed E-state index contributed by atoms with van der Waals surface area (Å²) >= 11 is 0. The normalized spacial score (nSPS) is 15.1. The van der Waals surface area contributed by atoms with E-state index >= 15 is 0 Å². The molecule has 0 radical (unpaired) electrons. The summed E-state index contributed by atoms with van der Waals surface area (Å²) in [7, 11) is 0. The first-order valence-electron chi connectivity index (χ1n) is 6.31. The van der Waals surface area contributed by atoms with Gasteiger partial charge in [0.2, 0.25) is 5.96 Å². The molecule has 1 saturated heterocycles. The lowest BCUT2D eigenvalue weighted by molar-refractivity contribution is -0.384. The summed E-state index contributed by atoms with van der Waals surface area (Å²) in [5, 5.41) is 18.3. The summed E-state index contributed by atoms with van der Waals surface area (Å²) in [6.45, 7) is 2.38. The summed E-state index contributed by atoms with van der Waals surface area (Å²) in [5.41, 5.74) is 11.4. The predicted molar refractivity (Wildman–Crippen MR) is 79.5 cm³/mol. The van der Waals surface area contributed by atoms with Crippen LogP contribution >= 0.6 is 0 Å². The van der Waals surface area contributed by atoms with E-state index in [1.165, 1.54) is 12.3 Å². The number of rotatable bonds is 4. The number of nitrogens with zero attached hydrogens (tertiary/aromatic N) is 4. The van der Waals surface area contributed by atoms with Crippen LogP contribution in [0.25, 0.3) is 0 Å². The summed E-state index contributed by atoms with van der Waals surface area (Å²) in [6.07, 6.45) is 1.36. The minimum absolute atomic E-state index is 0.0190. The number of hydrogen-bond donors (Lipinski definition) is 2. The van der Waals surface area contributed by atoms with Crippen LogP contribution in [0.1, 0.15) is 5.56 Å². The van der Waals surface area contributed by atoms with Crippen molar-refractivity contribution in [3.8, 4) is 0 Å². The number of nitrogens with two attached hydrogens (primary N) is 2. The summed E-state index contributed by atoms with van der Waals surface area (Å²) in [5.74, 6) is -0.175. The second kappa shape index (κ2) is 6.66. The van der Waals surface area contributed by atoms with Gasteiger partial charge in [-0.1, -0.05) is 6.07 Å². The van der Waals surface area contributed by atoms with E-state index in [1.807, 2.05) is 4.90 Å². The zero-order valence-electron chi connectivity index (χ0n) is 11.3. The highest BCUT2D eigenvalue weighted by molar-refractivity contribution is 5.84. The molecule has 0 spiro atoms. The molecule has 1 aliphatic heterocycles. The van der Waals surface area contributed by atoms with Gasteiger partial charge in [0.25, 0.3) is 5.69 Å². The second-order valence-corrected chi connectivity index (χ2v) is 4.37. The van der Waals surface area contributed by atoms with Crippen LogP contribution in [0.4, 0.5) is 11.4 Å². The van der Waals surface area contributed by atoms with Gasteiger partial charge in [-0.25, -0.2) is 0 Å². The van der Waals surface area contributed by atoms with Crippen LogP contribution in [-0.2, 0) is 4.74 Å². The highest BCUT2D eigenvalue weighted by Gasteiger charge is 2.21. The van der Waals surface area contributed by atoms with E-state index in [0.29, 0.717) is 37.6 Å². The van der Waals surface area contributed by atoms with Gasteiger partial charge >= 0.3 is 0 Å². The van der Waals surface area contributed by atoms with Crippen LogP contribution < -0.4 is 16.4 Å². The third kappa shape index (κ3) is 3.89. The topological polar surface area (TPSA) is 132 Å². The zero-order valence-corrected chi connectivity index (χ0v) is 11.3. The molecule has 0 unspecified atom stereocenters. The van der Waals surface area contributed by atoms with Crippen molar-refractivity contribution >= 4 is 23.5 Å². The Hall–Kier alpha value is -2.68. The van der Waals surface area contributed by atoms with Gasteiger partial charge in [0.05, 0.1) is 24.4 Å². The van der Waals surface area contributed by atoms with Gasteiger partial charge in [0.15, 0.2) is 0 Å². The van der Waals surface area contributed by atoms with Crippen LogP contribution in [-0.4, -0.2) is 43.4 Å². The molecule has 9 nitrogen and oxygen atoms in total. The number of nitro benzene ring substituents is 1. The smallest absolute Gasteiger partial charge is 0.293 e. The maximum absolute atomic E-state index is 11.2. The molecule has 112 valence electrons. The van der Waals surface area contributed by atoms with Crippen molar-refractivity contribution < 1.29 is 9.66 Å². The monoisotopic (exact) mass is 292 g/mol. The number of nitro groups is 1. The van der Waals surface area contributed by atoms with E-state index in [9.17, 15) is 10.1 Å². The molecule has 9 heteroatoms. The van der Waals surface area contributed by atoms with E-state index in [1.54, 1.807) is 12.1 Å². The van der Waals surface area contributed by atoms with Gasteiger partial charge in [-0.15, -0.1) is 5.10 Å². The van der Waals surface area contributed by atoms with Crippen molar-refractivity contribution in [2.75, 3.05) is 31.2 Å². The van der Waals surface area contributed by atoms with E-state index in [4.69, 9.17) is 16.2 Å². The Morgan fingerprint density at radius 1 is 1.38 bits per heavy atom. The largest absolute Gasteiger partial charge is 0.378 e. The maximum atomic E-state index is 11.2. The fraction of sp³-hybridized carbons (Fsp3) is 0.333. The lowest BCUT2D eigenvalue weighted by Gasteiger charge is -2.28. The average Bonchev–Trinajstić information content (AvgIpc) is 2.47. The molecule has 4 N–H and O–H groups in total. The average molecular weight is 292 g/mol. The molecule has 0 saturated carbocycles. The van der Waals surface area contributed by atoms with Gasteiger partial charge in [0.1, 0.15) is 5.69 Å². The second-order valence-electron chi connectivity index (χ2n) is 4.37.